The maximum absolute atomic E-state index is 12.3. The number of halogens is 2. The number of ether oxygens (including phenoxy) is 1. The SMILES string of the molecule is O=C1C[C@@H](c2ccc(O)cc2)Oc2c(Cl)c(O)c(Cl)c(O)c21. The molecule has 22 heavy (non-hydrogen) atoms. The Balaban J connectivity index is 2.09. The Kier molecular flexibility index (Phi) is 3.54. The van der Waals surface area contributed by atoms with E-state index in [1.54, 1.807) is 12.1 Å². The summed E-state index contributed by atoms with van der Waals surface area (Å²) in [6.45, 7) is 0. The molecular formula is C15H10Cl2O5. The summed E-state index contributed by atoms with van der Waals surface area (Å²) in [5.41, 5.74) is 0.518. The maximum Gasteiger partial charge on any atom is 0.174 e. The molecule has 3 N–H and O–H groups in total. The van der Waals surface area contributed by atoms with Crippen LogP contribution in [0.2, 0.25) is 10.0 Å². The highest BCUT2D eigenvalue weighted by Gasteiger charge is 2.35. The number of hydrogen-bond donors (Lipinski definition) is 3. The fourth-order valence-corrected chi connectivity index (χ4v) is 2.81. The van der Waals surface area contributed by atoms with Gasteiger partial charge in [-0.3, -0.25) is 4.79 Å². The second-order valence-electron chi connectivity index (χ2n) is 4.85. The van der Waals surface area contributed by atoms with Gasteiger partial charge in [-0.05, 0) is 17.7 Å². The summed E-state index contributed by atoms with van der Waals surface area (Å²) in [6, 6.07) is 6.16. The van der Waals surface area contributed by atoms with Crippen LogP contribution in [-0.2, 0) is 0 Å². The Morgan fingerprint density at radius 3 is 2.27 bits per heavy atom. The topological polar surface area (TPSA) is 87.0 Å². The quantitative estimate of drug-likeness (QED) is 0.734. The minimum Gasteiger partial charge on any atom is -0.508 e. The lowest BCUT2D eigenvalue weighted by atomic mass is 9.95. The minimum absolute atomic E-state index is 0.0250. The second-order valence-corrected chi connectivity index (χ2v) is 5.61. The van der Waals surface area contributed by atoms with Crippen LogP contribution < -0.4 is 4.74 Å². The molecule has 1 atom stereocenters. The first kappa shape index (κ1) is 14.8. The number of carbonyl (C=O) groups is 1. The number of ketones is 1. The van der Waals surface area contributed by atoms with Gasteiger partial charge in [-0.25, -0.2) is 0 Å². The first-order valence-electron chi connectivity index (χ1n) is 6.31. The van der Waals surface area contributed by atoms with Crippen LogP contribution in [-0.4, -0.2) is 21.1 Å². The monoisotopic (exact) mass is 340 g/mol. The second kappa shape index (κ2) is 5.26. The van der Waals surface area contributed by atoms with Crippen molar-refractivity contribution < 1.29 is 24.9 Å². The van der Waals surface area contributed by atoms with E-state index in [0.29, 0.717) is 5.56 Å². The van der Waals surface area contributed by atoms with Gasteiger partial charge < -0.3 is 20.1 Å². The highest BCUT2D eigenvalue weighted by molar-refractivity contribution is 6.40. The molecule has 7 heteroatoms. The number of benzene rings is 2. The predicted octanol–water partition coefficient (Wildman–Crippen LogP) is 3.82. The van der Waals surface area contributed by atoms with Crippen LogP contribution in [0.1, 0.15) is 28.4 Å². The van der Waals surface area contributed by atoms with Crippen LogP contribution in [0.25, 0.3) is 0 Å². The average molecular weight is 341 g/mol. The molecule has 114 valence electrons. The lowest BCUT2D eigenvalue weighted by Crippen LogP contribution is -2.21. The van der Waals surface area contributed by atoms with Gasteiger partial charge in [0, 0.05) is 0 Å². The minimum atomic E-state index is -0.641. The highest BCUT2D eigenvalue weighted by atomic mass is 35.5. The molecule has 5 nitrogen and oxygen atoms in total. The molecule has 3 rings (SSSR count). The van der Waals surface area contributed by atoms with E-state index in [9.17, 15) is 20.1 Å². The average Bonchev–Trinajstić information content (AvgIpc) is 2.50. The standard InChI is InChI=1S/C15H10Cl2O5/c16-11-13(20)10-8(19)5-9(6-1-3-7(18)4-2-6)22-15(10)12(17)14(11)21/h1-4,9,18,20-21H,5H2/t9-/m0/s1. The van der Waals surface area contributed by atoms with Gasteiger partial charge in [-0.15, -0.1) is 0 Å². The summed E-state index contributed by atoms with van der Waals surface area (Å²) in [6.07, 6.45) is -0.666. The Labute approximate surface area is 135 Å². The van der Waals surface area contributed by atoms with Crippen LogP contribution >= 0.6 is 23.2 Å². The molecule has 1 heterocycles. The zero-order chi connectivity index (χ0) is 16.0. The number of phenolic OH excluding ortho intramolecular Hbond substituents is 3. The van der Waals surface area contributed by atoms with Gasteiger partial charge in [0.2, 0.25) is 0 Å². The van der Waals surface area contributed by atoms with Crippen molar-refractivity contribution in [1.29, 1.82) is 0 Å². The summed E-state index contributed by atoms with van der Waals surface area (Å²) < 4.78 is 5.66. The lowest BCUT2D eigenvalue weighted by Gasteiger charge is -2.27. The van der Waals surface area contributed by atoms with Gasteiger partial charge in [0.05, 0.1) is 6.42 Å². The molecule has 0 saturated heterocycles. The summed E-state index contributed by atoms with van der Waals surface area (Å²) in [5.74, 6) is -1.51. The van der Waals surface area contributed by atoms with Gasteiger partial charge in [0.1, 0.15) is 27.5 Å². The third-order valence-corrected chi connectivity index (χ3v) is 4.17. The molecule has 0 aromatic heterocycles. The maximum atomic E-state index is 12.3. The molecular weight excluding hydrogens is 331 g/mol. The Hall–Kier alpha value is -2.11. The molecule has 1 aliphatic heterocycles. The van der Waals surface area contributed by atoms with Gasteiger partial charge in [0.25, 0.3) is 0 Å². The number of Topliss-reactive ketones (excluding diaryl/α,β-unsaturated/α-hetero) is 1. The fraction of sp³-hybridized carbons (Fsp3) is 0.133. The molecule has 0 radical (unpaired) electrons. The molecule has 0 unspecified atom stereocenters. The molecule has 0 fully saturated rings. The van der Waals surface area contributed by atoms with E-state index >= 15 is 0 Å². The summed E-state index contributed by atoms with van der Waals surface area (Å²) >= 11 is 11.7. The first-order chi connectivity index (χ1) is 10.4. The van der Waals surface area contributed by atoms with Crippen LogP contribution in [0.4, 0.5) is 0 Å². The van der Waals surface area contributed by atoms with E-state index in [0.717, 1.165) is 0 Å². The zero-order valence-corrected chi connectivity index (χ0v) is 12.5. The van der Waals surface area contributed by atoms with Crippen molar-refractivity contribution in [2.45, 2.75) is 12.5 Å². The van der Waals surface area contributed by atoms with Crippen molar-refractivity contribution in [3.63, 3.8) is 0 Å². The van der Waals surface area contributed by atoms with Crippen molar-refractivity contribution >= 4 is 29.0 Å². The van der Waals surface area contributed by atoms with E-state index in [4.69, 9.17) is 27.9 Å². The van der Waals surface area contributed by atoms with E-state index in [1.807, 2.05) is 0 Å². The Morgan fingerprint density at radius 1 is 1.00 bits per heavy atom. The summed E-state index contributed by atoms with van der Waals surface area (Å²) in [5, 5.41) is 28.4. The number of rotatable bonds is 1. The highest BCUT2D eigenvalue weighted by Crippen LogP contribution is 2.52. The van der Waals surface area contributed by atoms with Crippen LogP contribution in [0.5, 0.6) is 23.0 Å². The van der Waals surface area contributed by atoms with Gasteiger partial charge >= 0.3 is 0 Å². The third-order valence-electron chi connectivity index (χ3n) is 3.46. The third kappa shape index (κ3) is 2.23. The number of phenols is 3. The predicted molar refractivity (Wildman–Crippen MR) is 80.2 cm³/mol. The molecule has 2 aromatic rings. The molecule has 1 aliphatic rings. The summed E-state index contributed by atoms with van der Waals surface area (Å²) in [7, 11) is 0. The lowest BCUT2D eigenvalue weighted by molar-refractivity contribution is 0.0845. The van der Waals surface area contributed by atoms with Crippen molar-refractivity contribution in [1.82, 2.24) is 0 Å². The number of carbonyl (C=O) groups excluding carboxylic acids is 1. The van der Waals surface area contributed by atoms with Crippen molar-refractivity contribution in [2.24, 2.45) is 0 Å². The first-order valence-corrected chi connectivity index (χ1v) is 7.07. The molecule has 0 amide bonds. The van der Waals surface area contributed by atoms with Gasteiger partial charge in [0.15, 0.2) is 23.0 Å². The van der Waals surface area contributed by atoms with Crippen molar-refractivity contribution in [3.8, 4) is 23.0 Å². The number of fused-ring (bicyclic) bond motifs is 1. The van der Waals surface area contributed by atoms with Crippen molar-refractivity contribution in [2.75, 3.05) is 0 Å². The molecule has 0 aliphatic carbocycles. The van der Waals surface area contributed by atoms with Gasteiger partial charge in [-0.2, -0.15) is 0 Å². The van der Waals surface area contributed by atoms with E-state index in [1.165, 1.54) is 12.1 Å². The molecule has 0 bridgehead atoms. The van der Waals surface area contributed by atoms with Crippen LogP contribution in [0.15, 0.2) is 24.3 Å². The number of aromatic hydroxyl groups is 3. The summed E-state index contributed by atoms with van der Waals surface area (Å²) in [4.78, 5) is 12.3. The molecule has 2 aromatic carbocycles. The van der Waals surface area contributed by atoms with Crippen LogP contribution in [0, 0.1) is 0 Å². The Morgan fingerprint density at radius 2 is 1.64 bits per heavy atom. The smallest absolute Gasteiger partial charge is 0.174 e. The largest absolute Gasteiger partial charge is 0.508 e. The van der Waals surface area contributed by atoms with E-state index in [2.05, 4.69) is 0 Å². The Bertz CT molecular complexity index is 771. The number of hydrogen-bond acceptors (Lipinski definition) is 5. The molecule has 0 spiro atoms. The fourth-order valence-electron chi connectivity index (χ4n) is 2.34. The van der Waals surface area contributed by atoms with E-state index < -0.39 is 23.4 Å². The van der Waals surface area contributed by atoms with Gasteiger partial charge in [-0.1, -0.05) is 35.3 Å². The molecule has 0 saturated carbocycles. The van der Waals surface area contributed by atoms with Crippen molar-refractivity contribution in [3.05, 3.63) is 45.4 Å². The zero-order valence-electron chi connectivity index (χ0n) is 11.0. The normalized spacial score (nSPS) is 17.0. The van der Waals surface area contributed by atoms with E-state index in [-0.39, 0.29) is 33.5 Å². The van der Waals surface area contributed by atoms with Crippen LogP contribution in [0.3, 0.4) is 0 Å².